The summed E-state index contributed by atoms with van der Waals surface area (Å²) in [4.78, 5) is 23.4. The van der Waals surface area contributed by atoms with E-state index in [1.54, 1.807) is 12.1 Å². The number of carbonyl (C=O) groups excluding carboxylic acids is 1. The van der Waals surface area contributed by atoms with Crippen molar-refractivity contribution in [3.05, 3.63) is 100 Å². The predicted molar refractivity (Wildman–Crippen MR) is 136 cm³/mol. The van der Waals surface area contributed by atoms with Crippen LogP contribution in [0.15, 0.2) is 83.3 Å². The van der Waals surface area contributed by atoms with Gasteiger partial charge in [0, 0.05) is 34.0 Å². The van der Waals surface area contributed by atoms with Gasteiger partial charge in [-0.3, -0.25) is 4.79 Å². The number of halogens is 1. The number of benzene rings is 3. The smallest absolute Gasteiger partial charge is 0.335 e. The van der Waals surface area contributed by atoms with Gasteiger partial charge in [0.25, 0.3) is 0 Å². The summed E-state index contributed by atoms with van der Waals surface area (Å²) in [6, 6.07) is 24.4. The lowest BCUT2D eigenvalue weighted by molar-refractivity contribution is -0.114. The summed E-state index contributed by atoms with van der Waals surface area (Å²) in [5.74, 6) is -0.654. The molecule has 0 saturated heterocycles. The summed E-state index contributed by atoms with van der Waals surface area (Å²) in [6.45, 7) is 3.74. The van der Waals surface area contributed by atoms with E-state index in [1.807, 2.05) is 72.2 Å². The van der Waals surface area contributed by atoms with Gasteiger partial charge in [0.1, 0.15) is 12.4 Å². The molecule has 172 valence electrons. The molecule has 1 amide bonds. The fraction of sp³-hybridized carbons (Fsp3) is 0.111. The third-order valence-corrected chi connectivity index (χ3v) is 5.77. The molecule has 4 aromatic rings. The van der Waals surface area contributed by atoms with Crippen LogP contribution in [0.25, 0.3) is 16.9 Å². The summed E-state index contributed by atoms with van der Waals surface area (Å²) in [5.41, 5.74) is 4.75. The Bertz CT molecular complexity index is 1360. The number of nitrogens with zero attached hydrogens (tertiary/aromatic N) is 1. The fourth-order valence-electron chi connectivity index (χ4n) is 3.79. The molecule has 7 heteroatoms. The molecule has 0 radical (unpaired) electrons. The van der Waals surface area contributed by atoms with Gasteiger partial charge in [-0.15, -0.1) is 0 Å². The molecule has 1 aromatic heterocycles. The quantitative estimate of drug-likeness (QED) is 0.294. The first-order chi connectivity index (χ1) is 16.3. The lowest BCUT2D eigenvalue weighted by Gasteiger charge is -2.17. The Hall–Kier alpha value is -3.84. The van der Waals surface area contributed by atoms with E-state index in [2.05, 4.69) is 21.2 Å². The van der Waals surface area contributed by atoms with Gasteiger partial charge >= 0.3 is 5.97 Å². The number of aromatic nitrogens is 1. The Morgan fingerprint density at radius 1 is 1.00 bits per heavy atom. The number of carboxylic acids is 1. The van der Waals surface area contributed by atoms with Gasteiger partial charge in [0.15, 0.2) is 0 Å². The normalized spacial score (nSPS) is 10.7. The fourth-order valence-corrected chi connectivity index (χ4v) is 4.16. The van der Waals surface area contributed by atoms with E-state index in [0.29, 0.717) is 23.7 Å². The van der Waals surface area contributed by atoms with Crippen molar-refractivity contribution >= 4 is 33.5 Å². The van der Waals surface area contributed by atoms with E-state index >= 15 is 0 Å². The molecule has 0 aliphatic heterocycles. The minimum Gasteiger partial charge on any atom is -0.488 e. The van der Waals surface area contributed by atoms with Crippen molar-refractivity contribution in [1.82, 2.24) is 4.57 Å². The van der Waals surface area contributed by atoms with E-state index in [1.165, 1.54) is 13.0 Å². The van der Waals surface area contributed by atoms with E-state index in [9.17, 15) is 14.7 Å². The number of rotatable bonds is 7. The summed E-state index contributed by atoms with van der Waals surface area (Å²) in [5, 5.41) is 12.3. The van der Waals surface area contributed by atoms with Crippen molar-refractivity contribution < 1.29 is 19.4 Å². The molecule has 0 bridgehead atoms. The number of nitrogens with one attached hydrogen (secondary N) is 1. The van der Waals surface area contributed by atoms with Crippen LogP contribution in [0.2, 0.25) is 0 Å². The van der Waals surface area contributed by atoms with E-state index in [4.69, 9.17) is 4.74 Å². The van der Waals surface area contributed by atoms with Gasteiger partial charge in [-0.25, -0.2) is 4.79 Å². The Balaban J connectivity index is 1.81. The van der Waals surface area contributed by atoms with Crippen molar-refractivity contribution in [3.63, 3.8) is 0 Å². The lowest BCUT2D eigenvalue weighted by atomic mass is 10.1. The molecule has 0 spiro atoms. The predicted octanol–water partition coefficient (Wildman–Crippen LogP) is 6.45. The summed E-state index contributed by atoms with van der Waals surface area (Å²) >= 11 is 3.56. The van der Waals surface area contributed by atoms with Crippen LogP contribution in [0.1, 0.15) is 28.5 Å². The molecule has 0 aliphatic carbocycles. The Morgan fingerprint density at radius 3 is 2.47 bits per heavy atom. The molecule has 0 atom stereocenters. The molecule has 34 heavy (non-hydrogen) atoms. The minimum absolute atomic E-state index is 0.0788. The van der Waals surface area contributed by atoms with Crippen molar-refractivity contribution in [2.75, 3.05) is 5.32 Å². The second-order valence-electron chi connectivity index (χ2n) is 7.87. The van der Waals surface area contributed by atoms with Gasteiger partial charge in [-0.2, -0.15) is 0 Å². The van der Waals surface area contributed by atoms with Crippen molar-refractivity contribution in [2.45, 2.75) is 20.5 Å². The van der Waals surface area contributed by atoms with E-state index in [0.717, 1.165) is 27.0 Å². The summed E-state index contributed by atoms with van der Waals surface area (Å²) in [6.07, 6.45) is 0. The average molecular weight is 519 g/mol. The average Bonchev–Trinajstić information content (AvgIpc) is 3.19. The van der Waals surface area contributed by atoms with Crippen LogP contribution in [0.4, 0.5) is 5.69 Å². The van der Waals surface area contributed by atoms with Crippen molar-refractivity contribution in [3.8, 4) is 22.7 Å². The molecule has 0 fully saturated rings. The Morgan fingerprint density at radius 2 is 1.76 bits per heavy atom. The highest BCUT2D eigenvalue weighted by molar-refractivity contribution is 9.10. The zero-order chi connectivity index (χ0) is 24.2. The zero-order valence-electron chi connectivity index (χ0n) is 18.7. The van der Waals surface area contributed by atoms with Gasteiger partial charge in [-0.05, 0) is 61.0 Å². The molecule has 1 heterocycles. The van der Waals surface area contributed by atoms with Crippen LogP contribution in [-0.2, 0) is 11.4 Å². The molecule has 0 aliphatic rings. The van der Waals surface area contributed by atoms with Gasteiger partial charge in [0.2, 0.25) is 5.91 Å². The molecular formula is C27H23BrN2O4. The van der Waals surface area contributed by atoms with Crippen LogP contribution in [0, 0.1) is 6.92 Å². The second kappa shape index (κ2) is 9.97. The van der Waals surface area contributed by atoms with Crippen LogP contribution in [0.3, 0.4) is 0 Å². The first-order valence-electron chi connectivity index (χ1n) is 10.6. The van der Waals surface area contributed by atoms with E-state index < -0.39 is 5.97 Å². The van der Waals surface area contributed by atoms with Gasteiger partial charge in [-0.1, -0.05) is 46.3 Å². The number of ether oxygens (including phenoxy) is 1. The standard InChI is InChI=1S/C27H23BrN2O4/c1-17-8-10-25(30(17)23-13-20(27(32)33)12-22(15-23)29-18(2)31)24-14-21(28)9-11-26(24)34-16-19-6-4-3-5-7-19/h3-15H,16H2,1-2H3,(H,29,31)(H,32,33). The molecule has 6 nitrogen and oxygen atoms in total. The highest BCUT2D eigenvalue weighted by Crippen LogP contribution is 2.36. The summed E-state index contributed by atoms with van der Waals surface area (Å²) < 4.78 is 9.03. The van der Waals surface area contributed by atoms with Crippen LogP contribution < -0.4 is 10.1 Å². The lowest BCUT2D eigenvalue weighted by Crippen LogP contribution is -2.09. The van der Waals surface area contributed by atoms with Crippen LogP contribution in [-0.4, -0.2) is 21.6 Å². The molecule has 2 N–H and O–H groups in total. The first-order valence-corrected chi connectivity index (χ1v) is 11.4. The number of anilines is 1. The van der Waals surface area contributed by atoms with E-state index in [-0.39, 0.29) is 11.5 Å². The van der Waals surface area contributed by atoms with Crippen molar-refractivity contribution in [1.29, 1.82) is 0 Å². The van der Waals surface area contributed by atoms with Crippen molar-refractivity contribution in [2.24, 2.45) is 0 Å². The topological polar surface area (TPSA) is 80.6 Å². The largest absolute Gasteiger partial charge is 0.488 e. The van der Waals surface area contributed by atoms with Gasteiger partial charge in [0.05, 0.1) is 11.3 Å². The number of aromatic carboxylic acids is 1. The maximum Gasteiger partial charge on any atom is 0.335 e. The first kappa shape index (κ1) is 23.3. The van der Waals surface area contributed by atoms with Crippen LogP contribution in [0.5, 0.6) is 5.75 Å². The highest BCUT2D eigenvalue weighted by Gasteiger charge is 2.17. The molecule has 0 saturated carbocycles. The number of hydrogen-bond donors (Lipinski definition) is 2. The van der Waals surface area contributed by atoms with Crippen LogP contribution >= 0.6 is 15.9 Å². The maximum atomic E-state index is 11.8. The number of amides is 1. The summed E-state index contributed by atoms with van der Waals surface area (Å²) in [7, 11) is 0. The maximum absolute atomic E-state index is 11.8. The highest BCUT2D eigenvalue weighted by atomic mass is 79.9. The minimum atomic E-state index is -1.07. The Kier molecular flexibility index (Phi) is 6.84. The molecular weight excluding hydrogens is 496 g/mol. The van der Waals surface area contributed by atoms with Gasteiger partial charge < -0.3 is 19.7 Å². The molecule has 4 rings (SSSR count). The monoisotopic (exact) mass is 518 g/mol. The number of hydrogen-bond acceptors (Lipinski definition) is 3. The number of carboxylic acid groups (broad SMARTS) is 1. The second-order valence-corrected chi connectivity index (χ2v) is 8.78. The third kappa shape index (κ3) is 5.21. The molecule has 3 aromatic carbocycles. The zero-order valence-corrected chi connectivity index (χ0v) is 20.3. The third-order valence-electron chi connectivity index (χ3n) is 5.27. The molecule has 0 unspecified atom stereocenters. The Labute approximate surface area is 205 Å². The number of carbonyl (C=O) groups is 2. The number of aryl methyl sites for hydroxylation is 1. The SMILES string of the molecule is CC(=O)Nc1cc(C(=O)O)cc(-n2c(C)ccc2-c2cc(Br)ccc2OCc2ccccc2)c1.